The van der Waals surface area contributed by atoms with Crippen molar-refractivity contribution < 1.29 is 23.2 Å². The van der Waals surface area contributed by atoms with Crippen molar-refractivity contribution in [3.05, 3.63) is 27.3 Å². The Kier molecular flexibility index (Phi) is 3.43. The molecule has 0 amide bonds. The number of rotatable bonds is 1. The van der Waals surface area contributed by atoms with Gasteiger partial charge in [-0.15, -0.1) is 0 Å². The fourth-order valence-electron chi connectivity index (χ4n) is 0.921. The predicted molar refractivity (Wildman–Crippen MR) is 54.0 cm³/mol. The molecule has 0 aliphatic carbocycles. The van der Waals surface area contributed by atoms with Gasteiger partial charge in [0.2, 0.25) is 0 Å². The maximum absolute atomic E-state index is 12.3. The van der Waals surface area contributed by atoms with Crippen molar-refractivity contribution in [2.45, 2.75) is 6.18 Å². The standard InChI is InChI=1S/C7H5BF3IO2/c9-7(10,11)5-3-4(8(13)14)1-2-6(5)12/h1-3,13-14H. The van der Waals surface area contributed by atoms with Gasteiger partial charge in [-0.25, -0.2) is 0 Å². The number of hydrogen-bond acceptors (Lipinski definition) is 2. The molecule has 76 valence electrons. The minimum Gasteiger partial charge on any atom is -0.423 e. The highest BCUT2D eigenvalue weighted by Gasteiger charge is 2.33. The van der Waals surface area contributed by atoms with Crippen molar-refractivity contribution >= 4 is 35.2 Å². The van der Waals surface area contributed by atoms with Crippen molar-refractivity contribution in [1.29, 1.82) is 0 Å². The summed E-state index contributed by atoms with van der Waals surface area (Å²) in [6.45, 7) is 0. The summed E-state index contributed by atoms with van der Waals surface area (Å²) in [6, 6.07) is 3.16. The summed E-state index contributed by atoms with van der Waals surface area (Å²) in [6.07, 6.45) is -4.47. The van der Waals surface area contributed by atoms with Crippen LogP contribution in [-0.2, 0) is 6.18 Å². The van der Waals surface area contributed by atoms with Crippen molar-refractivity contribution in [2.75, 3.05) is 0 Å². The fourth-order valence-corrected chi connectivity index (χ4v) is 1.56. The predicted octanol–water partition coefficient (Wildman–Crippen LogP) is 0.990. The lowest BCUT2D eigenvalue weighted by Crippen LogP contribution is -2.31. The minimum atomic E-state index is -4.47. The average molecular weight is 316 g/mol. The number of halogens is 4. The second-order valence-corrected chi connectivity index (χ2v) is 3.77. The summed E-state index contributed by atoms with van der Waals surface area (Å²) >= 11 is 1.54. The SMILES string of the molecule is OB(O)c1ccc(I)c(C(F)(F)F)c1. The van der Waals surface area contributed by atoms with Crippen LogP contribution < -0.4 is 5.46 Å². The molecule has 0 unspecified atom stereocenters. The van der Waals surface area contributed by atoms with Gasteiger partial charge in [-0.05, 0) is 40.2 Å². The zero-order valence-electron chi connectivity index (χ0n) is 6.72. The Balaban J connectivity index is 3.22. The van der Waals surface area contributed by atoms with E-state index in [0.29, 0.717) is 0 Å². The number of alkyl halides is 3. The minimum absolute atomic E-state index is 0.0273. The van der Waals surface area contributed by atoms with Gasteiger partial charge in [0.05, 0.1) is 5.56 Å². The third-order valence-electron chi connectivity index (χ3n) is 1.59. The zero-order valence-corrected chi connectivity index (χ0v) is 8.87. The molecule has 0 saturated carbocycles. The molecule has 0 bridgehead atoms. The van der Waals surface area contributed by atoms with Gasteiger partial charge in [0.15, 0.2) is 0 Å². The van der Waals surface area contributed by atoms with Crippen molar-refractivity contribution in [3.8, 4) is 0 Å². The quantitative estimate of drug-likeness (QED) is 0.599. The molecule has 0 atom stereocenters. The molecule has 0 fully saturated rings. The van der Waals surface area contributed by atoms with Crippen molar-refractivity contribution in [2.24, 2.45) is 0 Å². The van der Waals surface area contributed by atoms with E-state index in [1.54, 1.807) is 22.6 Å². The highest BCUT2D eigenvalue weighted by atomic mass is 127. The first-order chi connectivity index (χ1) is 6.32. The van der Waals surface area contributed by atoms with Crippen molar-refractivity contribution in [1.82, 2.24) is 0 Å². The molecule has 2 N–H and O–H groups in total. The van der Waals surface area contributed by atoms with Crippen LogP contribution in [0.25, 0.3) is 0 Å². The molecule has 1 aromatic carbocycles. The Bertz CT molecular complexity index is 340. The van der Waals surface area contributed by atoms with E-state index < -0.39 is 18.9 Å². The molecule has 0 aliphatic heterocycles. The van der Waals surface area contributed by atoms with E-state index in [1.807, 2.05) is 0 Å². The second-order valence-electron chi connectivity index (χ2n) is 2.61. The number of benzene rings is 1. The van der Waals surface area contributed by atoms with E-state index in [0.717, 1.165) is 6.07 Å². The molecule has 1 aromatic rings. The van der Waals surface area contributed by atoms with Gasteiger partial charge < -0.3 is 10.0 Å². The molecule has 14 heavy (non-hydrogen) atoms. The molecule has 0 radical (unpaired) electrons. The third-order valence-corrected chi connectivity index (χ3v) is 2.53. The fraction of sp³-hybridized carbons (Fsp3) is 0.143. The highest BCUT2D eigenvalue weighted by molar-refractivity contribution is 14.1. The zero-order chi connectivity index (χ0) is 10.9. The van der Waals surface area contributed by atoms with Crippen LogP contribution in [0.1, 0.15) is 5.56 Å². The molecule has 1 rings (SSSR count). The second kappa shape index (κ2) is 4.07. The Labute approximate surface area is 92.0 Å². The lowest BCUT2D eigenvalue weighted by Gasteiger charge is -2.10. The van der Waals surface area contributed by atoms with Crippen LogP contribution >= 0.6 is 22.6 Å². The molecule has 0 saturated heterocycles. The molecule has 7 heteroatoms. The van der Waals surface area contributed by atoms with Gasteiger partial charge in [-0.1, -0.05) is 6.07 Å². The van der Waals surface area contributed by atoms with Gasteiger partial charge in [-0.2, -0.15) is 13.2 Å². The van der Waals surface area contributed by atoms with Gasteiger partial charge >= 0.3 is 13.3 Å². The van der Waals surface area contributed by atoms with Crippen LogP contribution in [0.2, 0.25) is 0 Å². The Morgan fingerprint density at radius 3 is 2.21 bits per heavy atom. The van der Waals surface area contributed by atoms with Gasteiger partial charge in [0.1, 0.15) is 0 Å². The molecule has 0 heterocycles. The van der Waals surface area contributed by atoms with Gasteiger partial charge in [-0.3, -0.25) is 0 Å². The lowest BCUT2D eigenvalue weighted by molar-refractivity contribution is -0.138. The first-order valence-electron chi connectivity index (χ1n) is 3.55. The van der Waals surface area contributed by atoms with E-state index in [-0.39, 0.29) is 9.03 Å². The topological polar surface area (TPSA) is 40.5 Å². The molecule has 0 spiro atoms. The normalized spacial score (nSPS) is 11.6. The third kappa shape index (κ3) is 2.61. The Hall–Kier alpha value is -0.275. The smallest absolute Gasteiger partial charge is 0.423 e. The van der Waals surface area contributed by atoms with Crippen LogP contribution in [-0.4, -0.2) is 17.2 Å². The first-order valence-corrected chi connectivity index (χ1v) is 4.63. The van der Waals surface area contributed by atoms with Gasteiger partial charge in [0.25, 0.3) is 0 Å². The van der Waals surface area contributed by atoms with Crippen LogP contribution in [0.4, 0.5) is 13.2 Å². The van der Waals surface area contributed by atoms with E-state index in [2.05, 4.69) is 0 Å². The summed E-state index contributed by atoms with van der Waals surface area (Å²) in [7, 11) is -1.88. The maximum atomic E-state index is 12.3. The molecular formula is C7H5BF3IO2. The van der Waals surface area contributed by atoms with E-state index in [1.165, 1.54) is 12.1 Å². The molecule has 0 aromatic heterocycles. The van der Waals surface area contributed by atoms with Crippen LogP contribution in [0, 0.1) is 3.57 Å². The van der Waals surface area contributed by atoms with E-state index in [9.17, 15) is 13.2 Å². The van der Waals surface area contributed by atoms with Crippen LogP contribution in [0.5, 0.6) is 0 Å². The molecule has 0 aliphatic rings. The summed E-state index contributed by atoms with van der Waals surface area (Å²) in [4.78, 5) is 0. The molecule has 2 nitrogen and oxygen atoms in total. The highest BCUT2D eigenvalue weighted by Crippen LogP contribution is 2.31. The summed E-state index contributed by atoms with van der Waals surface area (Å²) in [5, 5.41) is 17.4. The average Bonchev–Trinajstić information content (AvgIpc) is 2.02. The summed E-state index contributed by atoms with van der Waals surface area (Å²) in [5.74, 6) is 0. The van der Waals surface area contributed by atoms with Crippen LogP contribution in [0.3, 0.4) is 0 Å². The number of hydrogen-bond donors (Lipinski definition) is 2. The summed E-state index contributed by atoms with van der Waals surface area (Å²) in [5.41, 5.74) is -1.03. The molecular weight excluding hydrogens is 311 g/mol. The first kappa shape index (κ1) is 11.8. The Morgan fingerprint density at radius 2 is 1.79 bits per heavy atom. The van der Waals surface area contributed by atoms with Crippen molar-refractivity contribution in [3.63, 3.8) is 0 Å². The van der Waals surface area contributed by atoms with Crippen LogP contribution in [0.15, 0.2) is 18.2 Å². The maximum Gasteiger partial charge on any atom is 0.488 e. The van der Waals surface area contributed by atoms with E-state index >= 15 is 0 Å². The summed E-state index contributed by atoms with van der Waals surface area (Å²) < 4.78 is 37.0. The van der Waals surface area contributed by atoms with E-state index in [4.69, 9.17) is 10.0 Å². The lowest BCUT2D eigenvalue weighted by atomic mass is 9.79. The monoisotopic (exact) mass is 316 g/mol. The van der Waals surface area contributed by atoms with Gasteiger partial charge in [0, 0.05) is 3.57 Å². The Morgan fingerprint density at radius 1 is 1.21 bits per heavy atom. The largest absolute Gasteiger partial charge is 0.488 e.